The summed E-state index contributed by atoms with van der Waals surface area (Å²) in [5, 5.41) is 2.78. The lowest BCUT2D eigenvalue weighted by atomic mass is 9.88. The fourth-order valence-corrected chi connectivity index (χ4v) is 1.32. The summed E-state index contributed by atoms with van der Waals surface area (Å²) in [6.45, 7) is 0. The van der Waals surface area contributed by atoms with Crippen molar-refractivity contribution in [1.82, 2.24) is 5.32 Å². The van der Waals surface area contributed by atoms with Crippen LogP contribution in [0.15, 0.2) is 0 Å². The number of nitrogens with two attached hydrogens (primary N) is 1. The first kappa shape index (κ1) is 7.86. The van der Waals surface area contributed by atoms with Crippen LogP contribution in [0.25, 0.3) is 0 Å². The molecule has 68 valence electrons. The maximum atomic E-state index is 11.0. The molecule has 1 amide bonds. The van der Waals surface area contributed by atoms with Gasteiger partial charge < -0.3 is 15.8 Å². The van der Waals surface area contributed by atoms with E-state index in [2.05, 4.69) is 5.32 Å². The molecule has 0 unspecified atom stereocenters. The first-order chi connectivity index (χ1) is 5.74. The van der Waals surface area contributed by atoms with E-state index in [1.54, 1.807) is 0 Å². The zero-order valence-corrected chi connectivity index (χ0v) is 6.95. The molecule has 0 aromatic carbocycles. The highest BCUT2D eigenvalue weighted by molar-refractivity contribution is 5.68. The van der Waals surface area contributed by atoms with Crippen molar-refractivity contribution in [3.05, 3.63) is 0 Å². The van der Waals surface area contributed by atoms with Gasteiger partial charge in [-0.25, -0.2) is 4.79 Å². The van der Waals surface area contributed by atoms with Crippen LogP contribution in [0.2, 0.25) is 0 Å². The van der Waals surface area contributed by atoms with Gasteiger partial charge in [0.25, 0.3) is 0 Å². The monoisotopic (exact) mass is 170 g/mol. The van der Waals surface area contributed by atoms with Crippen LogP contribution >= 0.6 is 0 Å². The van der Waals surface area contributed by atoms with Gasteiger partial charge in [-0.05, 0) is 25.7 Å². The zero-order chi connectivity index (χ0) is 8.55. The third-order valence-electron chi connectivity index (χ3n) is 2.29. The molecule has 0 spiro atoms. The van der Waals surface area contributed by atoms with E-state index in [1.165, 1.54) is 0 Å². The number of rotatable bonds is 2. The molecule has 4 nitrogen and oxygen atoms in total. The summed E-state index contributed by atoms with van der Waals surface area (Å²) in [4.78, 5) is 11.0. The maximum absolute atomic E-state index is 11.0. The first-order valence-corrected chi connectivity index (χ1v) is 4.47. The SMILES string of the molecule is NC1CC(NC(=O)OC2CC2)C1. The van der Waals surface area contributed by atoms with Crippen LogP contribution in [0, 0.1) is 0 Å². The van der Waals surface area contributed by atoms with Crippen LogP contribution in [0.5, 0.6) is 0 Å². The number of hydrogen-bond donors (Lipinski definition) is 2. The summed E-state index contributed by atoms with van der Waals surface area (Å²) >= 11 is 0. The summed E-state index contributed by atoms with van der Waals surface area (Å²) in [6.07, 6.45) is 3.75. The number of carbonyl (C=O) groups is 1. The molecule has 3 N–H and O–H groups in total. The predicted octanol–water partition coefficient (Wildman–Crippen LogP) is 0.365. The lowest BCUT2D eigenvalue weighted by Crippen LogP contribution is -2.50. The van der Waals surface area contributed by atoms with E-state index in [1.807, 2.05) is 0 Å². The molecule has 12 heavy (non-hydrogen) atoms. The lowest BCUT2D eigenvalue weighted by Gasteiger charge is -2.32. The molecule has 0 radical (unpaired) electrons. The third kappa shape index (κ3) is 1.88. The summed E-state index contributed by atoms with van der Waals surface area (Å²) in [7, 11) is 0. The Morgan fingerprint density at radius 1 is 1.42 bits per heavy atom. The Bertz CT molecular complexity index is 185. The minimum absolute atomic E-state index is 0.193. The molecular formula is C8H14N2O2. The van der Waals surface area contributed by atoms with Crippen molar-refractivity contribution >= 4 is 6.09 Å². The van der Waals surface area contributed by atoms with Gasteiger partial charge in [0.2, 0.25) is 0 Å². The second-order valence-electron chi connectivity index (χ2n) is 3.68. The van der Waals surface area contributed by atoms with Crippen LogP contribution in [0.3, 0.4) is 0 Å². The molecule has 0 atom stereocenters. The number of hydrogen-bond acceptors (Lipinski definition) is 3. The summed E-state index contributed by atoms with van der Waals surface area (Å²) < 4.78 is 5.01. The molecule has 0 aliphatic heterocycles. The van der Waals surface area contributed by atoms with E-state index in [-0.39, 0.29) is 24.3 Å². The van der Waals surface area contributed by atoms with E-state index in [0.717, 1.165) is 25.7 Å². The van der Waals surface area contributed by atoms with Gasteiger partial charge in [0.15, 0.2) is 0 Å². The van der Waals surface area contributed by atoms with E-state index in [0.29, 0.717) is 0 Å². The van der Waals surface area contributed by atoms with Crippen LogP contribution < -0.4 is 11.1 Å². The minimum atomic E-state index is -0.269. The Kier molecular flexibility index (Phi) is 1.92. The van der Waals surface area contributed by atoms with Crippen molar-refractivity contribution in [2.75, 3.05) is 0 Å². The zero-order valence-electron chi connectivity index (χ0n) is 6.95. The van der Waals surface area contributed by atoms with Crippen molar-refractivity contribution in [2.24, 2.45) is 5.73 Å². The van der Waals surface area contributed by atoms with Crippen LogP contribution in [0.4, 0.5) is 4.79 Å². The fraction of sp³-hybridized carbons (Fsp3) is 0.875. The lowest BCUT2D eigenvalue weighted by molar-refractivity contribution is 0.127. The summed E-state index contributed by atoms with van der Waals surface area (Å²) in [5.41, 5.74) is 5.57. The fourth-order valence-electron chi connectivity index (χ4n) is 1.32. The topological polar surface area (TPSA) is 64.3 Å². The minimum Gasteiger partial charge on any atom is -0.446 e. The molecule has 0 aromatic rings. The molecule has 0 bridgehead atoms. The Balaban J connectivity index is 1.62. The standard InChI is InChI=1S/C8H14N2O2/c9-5-3-6(4-5)10-8(11)12-7-1-2-7/h5-7H,1-4,9H2,(H,10,11). The molecule has 2 rings (SSSR count). The summed E-state index contributed by atoms with van der Waals surface area (Å²) in [6, 6.07) is 0.530. The second-order valence-corrected chi connectivity index (χ2v) is 3.68. The van der Waals surface area contributed by atoms with Gasteiger partial charge in [-0.2, -0.15) is 0 Å². The number of ether oxygens (including phenoxy) is 1. The van der Waals surface area contributed by atoms with Crippen LogP contribution in [-0.4, -0.2) is 24.3 Å². The van der Waals surface area contributed by atoms with E-state index < -0.39 is 0 Å². The Labute approximate surface area is 71.4 Å². The highest BCUT2D eigenvalue weighted by atomic mass is 16.6. The second kappa shape index (κ2) is 2.94. The molecule has 0 aromatic heterocycles. The largest absolute Gasteiger partial charge is 0.446 e. The number of carbonyl (C=O) groups excluding carboxylic acids is 1. The Morgan fingerprint density at radius 2 is 2.08 bits per heavy atom. The molecule has 2 saturated carbocycles. The molecule has 2 aliphatic carbocycles. The van der Waals surface area contributed by atoms with Crippen molar-refractivity contribution in [2.45, 2.75) is 43.9 Å². The molecule has 2 fully saturated rings. The Hall–Kier alpha value is -0.770. The highest BCUT2D eigenvalue weighted by Gasteiger charge is 2.30. The van der Waals surface area contributed by atoms with Gasteiger partial charge in [-0.3, -0.25) is 0 Å². The van der Waals surface area contributed by atoms with Gasteiger partial charge in [0.1, 0.15) is 6.10 Å². The van der Waals surface area contributed by atoms with E-state index in [4.69, 9.17) is 10.5 Å². The highest BCUT2D eigenvalue weighted by Crippen LogP contribution is 2.24. The van der Waals surface area contributed by atoms with Gasteiger partial charge in [0, 0.05) is 12.1 Å². The predicted molar refractivity (Wildman–Crippen MR) is 43.6 cm³/mol. The molecule has 4 heteroatoms. The molecule has 0 saturated heterocycles. The average molecular weight is 170 g/mol. The molecular weight excluding hydrogens is 156 g/mol. The van der Waals surface area contributed by atoms with Gasteiger partial charge in [-0.15, -0.1) is 0 Å². The van der Waals surface area contributed by atoms with E-state index in [9.17, 15) is 4.79 Å². The van der Waals surface area contributed by atoms with Crippen LogP contribution in [0.1, 0.15) is 25.7 Å². The number of amides is 1. The normalized spacial score (nSPS) is 33.8. The molecule has 2 aliphatic rings. The smallest absolute Gasteiger partial charge is 0.407 e. The van der Waals surface area contributed by atoms with Gasteiger partial charge >= 0.3 is 6.09 Å². The summed E-state index contributed by atoms with van der Waals surface area (Å²) in [5.74, 6) is 0. The van der Waals surface area contributed by atoms with Crippen molar-refractivity contribution in [3.63, 3.8) is 0 Å². The third-order valence-corrected chi connectivity index (χ3v) is 2.29. The van der Waals surface area contributed by atoms with Crippen LogP contribution in [-0.2, 0) is 4.74 Å². The van der Waals surface area contributed by atoms with Gasteiger partial charge in [0.05, 0.1) is 0 Å². The number of nitrogens with one attached hydrogen (secondary N) is 1. The molecule has 0 heterocycles. The first-order valence-electron chi connectivity index (χ1n) is 4.47. The van der Waals surface area contributed by atoms with Gasteiger partial charge in [-0.1, -0.05) is 0 Å². The Morgan fingerprint density at radius 3 is 2.58 bits per heavy atom. The van der Waals surface area contributed by atoms with Crippen molar-refractivity contribution in [3.8, 4) is 0 Å². The quantitative estimate of drug-likeness (QED) is 0.629. The number of alkyl carbamates (subject to hydrolysis) is 1. The average Bonchev–Trinajstić information content (AvgIpc) is 2.68. The maximum Gasteiger partial charge on any atom is 0.407 e. The van der Waals surface area contributed by atoms with E-state index >= 15 is 0 Å². The van der Waals surface area contributed by atoms with Crippen molar-refractivity contribution in [1.29, 1.82) is 0 Å². The van der Waals surface area contributed by atoms with Crippen molar-refractivity contribution < 1.29 is 9.53 Å².